The van der Waals surface area contributed by atoms with Crippen LogP contribution in [-0.4, -0.2) is 10.9 Å². The summed E-state index contributed by atoms with van der Waals surface area (Å²) in [6, 6.07) is 6.39. The Morgan fingerprint density at radius 1 is 1.37 bits per heavy atom. The molecule has 1 aromatic heterocycles. The highest BCUT2D eigenvalue weighted by molar-refractivity contribution is 9.10. The molecule has 0 fully saturated rings. The number of halogens is 2. The first kappa shape index (κ1) is 13.8. The van der Waals surface area contributed by atoms with Crippen molar-refractivity contribution < 1.29 is 4.79 Å². The van der Waals surface area contributed by atoms with Crippen LogP contribution in [0.3, 0.4) is 0 Å². The number of aromatic nitrogens is 1. The molecule has 0 aliphatic carbocycles. The first-order chi connectivity index (χ1) is 8.97. The van der Waals surface area contributed by atoms with Crippen LogP contribution in [-0.2, 0) is 0 Å². The van der Waals surface area contributed by atoms with Gasteiger partial charge in [0.25, 0.3) is 5.91 Å². The smallest absolute Gasteiger partial charge is 0.261 e. The van der Waals surface area contributed by atoms with Crippen LogP contribution in [0.5, 0.6) is 0 Å². The number of carbonyl (C=O) groups excluding carboxylic acids is 1. The molecule has 2 rings (SSSR count). The number of pyridine rings is 1. The molecule has 0 spiro atoms. The summed E-state index contributed by atoms with van der Waals surface area (Å²) in [5.41, 5.74) is 0.937. The van der Waals surface area contributed by atoms with Gasteiger partial charge in [-0.1, -0.05) is 11.6 Å². The van der Waals surface area contributed by atoms with E-state index in [1.165, 1.54) is 12.3 Å². The number of H-pyrrole nitrogens is 1. The van der Waals surface area contributed by atoms with Crippen molar-refractivity contribution in [1.29, 1.82) is 0 Å². The van der Waals surface area contributed by atoms with E-state index in [1.807, 2.05) is 0 Å². The van der Waals surface area contributed by atoms with Gasteiger partial charge in [0, 0.05) is 27.5 Å². The van der Waals surface area contributed by atoms with E-state index in [9.17, 15) is 9.59 Å². The van der Waals surface area contributed by atoms with E-state index < -0.39 is 5.91 Å². The Bertz CT molecular complexity index is 697. The number of carbonyl (C=O) groups is 1. The van der Waals surface area contributed by atoms with E-state index >= 15 is 0 Å². The van der Waals surface area contributed by atoms with Crippen LogP contribution in [0, 0.1) is 6.92 Å². The Balaban J connectivity index is 2.31. The summed E-state index contributed by atoms with van der Waals surface area (Å²) in [6.07, 6.45) is 1.39. The average molecular weight is 342 g/mol. The molecule has 0 unspecified atom stereocenters. The van der Waals surface area contributed by atoms with E-state index in [0.29, 0.717) is 20.9 Å². The number of nitrogens with one attached hydrogen (secondary N) is 2. The molecule has 0 atom stereocenters. The van der Waals surface area contributed by atoms with Gasteiger partial charge in [-0.25, -0.2) is 0 Å². The normalized spacial score (nSPS) is 10.3. The van der Waals surface area contributed by atoms with E-state index in [4.69, 9.17) is 11.6 Å². The monoisotopic (exact) mass is 340 g/mol. The summed E-state index contributed by atoms with van der Waals surface area (Å²) >= 11 is 9.16. The number of benzene rings is 1. The van der Waals surface area contributed by atoms with Crippen LogP contribution < -0.4 is 10.7 Å². The minimum Gasteiger partial charge on any atom is -0.364 e. The lowest BCUT2D eigenvalue weighted by Gasteiger charge is -2.07. The fraction of sp³-hybridized carbons (Fsp3) is 0.0769. The largest absolute Gasteiger partial charge is 0.364 e. The fourth-order valence-corrected chi connectivity index (χ4v) is 2.05. The molecule has 0 saturated carbocycles. The topological polar surface area (TPSA) is 62.0 Å². The van der Waals surface area contributed by atoms with Crippen molar-refractivity contribution in [3.63, 3.8) is 0 Å². The Morgan fingerprint density at radius 3 is 2.79 bits per heavy atom. The van der Waals surface area contributed by atoms with Crippen molar-refractivity contribution in [2.45, 2.75) is 6.92 Å². The third-order valence-electron chi connectivity index (χ3n) is 2.48. The Morgan fingerprint density at radius 2 is 2.11 bits per heavy atom. The van der Waals surface area contributed by atoms with Crippen LogP contribution in [0.4, 0.5) is 5.69 Å². The maximum atomic E-state index is 12.0. The maximum absolute atomic E-state index is 12.0. The highest BCUT2D eigenvalue weighted by Gasteiger charge is 2.12. The lowest BCUT2D eigenvalue weighted by atomic mass is 10.2. The molecule has 1 heterocycles. The van der Waals surface area contributed by atoms with E-state index in [2.05, 4.69) is 26.2 Å². The Labute approximate surface area is 122 Å². The van der Waals surface area contributed by atoms with Crippen molar-refractivity contribution in [2.75, 3.05) is 5.32 Å². The lowest BCUT2D eigenvalue weighted by molar-refractivity contribution is 0.102. The highest BCUT2D eigenvalue weighted by Crippen LogP contribution is 2.26. The summed E-state index contributed by atoms with van der Waals surface area (Å²) in [5, 5.41) is 3.13. The van der Waals surface area contributed by atoms with Crippen LogP contribution in [0.2, 0.25) is 5.02 Å². The molecule has 1 amide bonds. The summed E-state index contributed by atoms with van der Waals surface area (Å²) in [4.78, 5) is 26.6. The van der Waals surface area contributed by atoms with Crippen LogP contribution in [0.25, 0.3) is 0 Å². The van der Waals surface area contributed by atoms with Gasteiger partial charge in [0.05, 0.1) is 5.69 Å². The minimum absolute atomic E-state index is 0.0532. The summed E-state index contributed by atoms with van der Waals surface area (Å²) in [7, 11) is 0. The molecule has 2 aromatic rings. The maximum Gasteiger partial charge on any atom is 0.261 e. The number of amides is 1. The molecule has 0 aliphatic rings. The number of anilines is 1. The Kier molecular flexibility index (Phi) is 4.07. The zero-order chi connectivity index (χ0) is 14.0. The molecule has 0 radical (unpaired) electrons. The molecule has 19 heavy (non-hydrogen) atoms. The molecule has 4 nitrogen and oxygen atoms in total. The van der Waals surface area contributed by atoms with Gasteiger partial charge in [-0.2, -0.15) is 0 Å². The minimum atomic E-state index is -0.482. The van der Waals surface area contributed by atoms with Crippen LogP contribution >= 0.6 is 27.5 Å². The molecule has 0 saturated heterocycles. The van der Waals surface area contributed by atoms with Gasteiger partial charge in [-0.05, 0) is 41.1 Å². The van der Waals surface area contributed by atoms with Crippen molar-refractivity contribution in [2.24, 2.45) is 0 Å². The van der Waals surface area contributed by atoms with Gasteiger partial charge < -0.3 is 10.3 Å². The first-order valence-corrected chi connectivity index (χ1v) is 6.60. The number of aromatic amines is 1. The van der Waals surface area contributed by atoms with E-state index in [1.54, 1.807) is 25.1 Å². The molecule has 2 N–H and O–H groups in total. The van der Waals surface area contributed by atoms with E-state index in [-0.39, 0.29) is 11.0 Å². The van der Waals surface area contributed by atoms with Crippen LogP contribution in [0.1, 0.15) is 16.1 Å². The first-order valence-electron chi connectivity index (χ1n) is 5.43. The van der Waals surface area contributed by atoms with Crippen molar-refractivity contribution in [3.05, 3.63) is 61.4 Å². The SMILES string of the molecule is Cc1cc(=O)c(C(=O)Nc2cc(Cl)ccc2Br)c[nH]1. The van der Waals surface area contributed by atoms with E-state index in [0.717, 1.165) is 0 Å². The molecule has 98 valence electrons. The van der Waals surface area contributed by atoms with Crippen molar-refractivity contribution >= 4 is 39.1 Å². The van der Waals surface area contributed by atoms with Gasteiger partial charge in [-0.3, -0.25) is 9.59 Å². The molecule has 1 aromatic carbocycles. The molecular formula is C13H10BrClN2O2. The average Bonchev–Trinajstić information content (AvgIpc) is 2.33. The van der Waals surface area contributed by atoms with Gasteiger partial charge in [-0.15, -0.1) is 0 Å². The van der Waals surface area contributed by atoms with Gasteiger partial charge in [0.2, 0.25) is 0 Å². The quantitative estimate of drug-likeness (QED) is 0.880. The highest BCUT2D eigenvalue weighted by atomic mass is 79.9. The van der Waals surface area contributed by atoms with Gasteiger partial charge in [0.15, 0.2) is 5.43 Å². The number of hydrogen-bond donors (Lipinski definition) is 2. The number of rotatable bonds is 2. The second-order valence-corrected chi connectivity index (χ2v) is 5.26. The summed E-state index contributed by atoms with van der Waals surface area (Å²) in [6.45, 7) is 1.75. The molecule has 0 bridgehead atoms. The lowest BCUT2D eigenvalue weighted by Crippen LogP contribution is -2.21. The Hall–Kier alpha value is -1.59. The fourth-order valence-electron chi connectivity index (χ4n) is 1.53. The van der Waals surface area contributed by atoms with Crippen molar-refractivity contribution in [1.82, 2.24) is 4.98 Å². The van der Waals surface area contributed by atoms with Gasteiger partial charge >= 0.3 is 0 Å². The molecule has 6 heteroatoms. The second-order valence-electron chi connectivity index (χ2n) is 3.97. The second kappa shape index (κ2) is 5.59. The zero-order valence-corrected chi connectivity index (χ0v) is 12.3. The standard InChI is InChI=1S/C13H10BrClN2O2/c1-7-4-12(18)9(6-16-7)13(19)17-11-5-8(15)2-3-10(11)14/h2-6H,1H3,(H,16,18)(H,17,19). The molecule has 0 aliphatic heterocycles. The number of aryl methyl sites for hydroxylation is 1. The predicted molar refractivity (Wildman–Crippen MR) is 78.9 cm³/mol. The molecular weight excluding hydrogens is 332 g/mol. The number of hydrogen-bond acceptors (Lipinski definition) is 2. The predicted octanol–water partition coefficient (Wildman–Crippen LogP) is 3.35. The zero-order valence-electron chi connectivity index (χ0n) is 9.96. The van der Waals surface area contributed by atoms with Crippen LogP contribution in [0.15, 0.2) is 39.7 Å². The third-order valence-corrected chi connectivity index (χ3v) is 3.41. The van der Waals surface area contributed by atoms with Crippen molar-refractivity contribution in [3.8, 4) is 0 Å². The summed E-state index contributed by atoms with van der Waals surface area (Å²) in [5.74, 6) is -0.482. The van der Waals surface area contributed by atoms with Gasteiger partial charge in [0.1, 0.15) is 5.56 Å². The summed E-state index contributed by atoms with van der Waals surface area (Å²) < 4.78 is 0.689. The third kappa shape index (κ3) is 3.24.